The van der Waals surface area contributed by atoms with E-state index >= 15 is 0 Å². The molecule has 1 aromatic heterocycles. The molecule has 2 heterocycles. The standard InChI is InChI=1S/C18H17FN2O3S/c19-12-3-5-13(6-4-12)24-10-9-21-16(22)18(20-17(21)23)8-1-2-15-14(18)7-11-25-15/h3-7,11H,1-2,8-10H2,(H,20,23)/t18-/m0/s1. The molecule has 0 unspecified atom stereocenters. The third-order valence-electron chi connectivity index (χ3n) is 4.73. The number of carbonyl (C=O) groups is 2. The Bertz CT molecular complexity index is 820. The van der Waals surface area contributed by atoms with Crippen LogP contribution in [0.5, 0.6) is 5.75 Å². The van der Waals surface area contributed by atoms with Gasteiger partial charge < -0.3 is 10.1 Å². The van der Waals surface area contributed by atoms with Gasteiger partial charge in [0.15, 0.2) is 0 Å². The number of hydrogen-bond donors (Lipinski definition) is 1. The van der Waals surface area contributed by atoms with Crippen molar-refractivity contribution in [3.8, 4) is 5.75 Å². The largest absolute Gasteiger partial charge is 0.492 e. The summed E-state index contributed by atoms with van der Waals surface area (Å²) in [5, 5.41) is 4.88. The lowest BCUT2D eigenvalue weighted by atomic mass is 9.80. The number of fused-ring (bicyclic) bond motifs is 2. The first kappa shape index (κ1) is 16.1. The number of imide groups is 1. The molecular formula is C18H17FN2O3S. The molecule has 1 fully saturated rings. The van der Waals surface area contributed by atoms with Crippen LogP contribution in [0.3, 0.4) is 0 Å². The number of benzene rings is 1. The monoisotopic (exact) mass is 360 g/mol. The molecule has 1 spiro atoms. The molecule has 2 aromatic rings. The molecule has 4 rings (SSSR count). The maximum Gasteiger partial charge on any atom is 0.325 e. The van der Waals surface area contributed by atoms with Crippen molar-refractivity contribution in [3.63, 3.8) is 0 Å². The minimum Gasteiger partial charge on any atom is -0.492 e. The summed E-state index contributed by atoms with van der Waals surface area (Å²) in [6, 6.07) is 7.20. The van der Waals surface area contributed by atoms with E-state index in [0.29, 0.717) is 12.2 Å². The second kappa shape index (κ2) is 6.15. The lowest BCUT2D eigenvalue weighted by Gasteiger charge is -2.31. The molecule has 25 heavy (non-hydrogen) atoms. The third kappa shape index (κ3) is 2.68. The van der Waals surface area contributed by atoms with E-state index in [1.54, 1.807) is 11.3 Å². The van der Waals surface area contributed by atoms with Crippen LogP contribution in [0.2, 0.25) is 0 Å². The first-order valence-electron chi connectivity index (χ1n) is 8.19. The van der Waals surface area contributed by atoms with Gasteiger partial charge in [0.2, 0.25) is 0 Å². The molecule has 3 amide bonds. The second-order valence-electron chi connectivity index (χ2n) is 6.21. The number of nitrogens with one attached hydrogen (secondary N) is 1. The Kier molecular flexibility index (Phi) is 3.95. The summed E-state index contributed by atoms with van der Waals surface area (Å²) in [6.07, 6.45) is 2.45. The van der Waals surface area contributed by atoms with Crippen LogP contribution in [0.15, 0.2) is 35.7 Å². The highest BCUT2D eigenvalue weighted by Gasteiger charge is 2.54. The van der Waals surface area contributed by atoms with Gasteiger partial charge in [0.1, 0.15) is 23.7 Å². The number of amides is 3. The van der Waals surface area contributed by atoms with Gasteiger partial charge in [-0.25, -0.2) is 9.18 Å². The van der Waals surface area contributed by atoms with Crippen molar-refractivity contribution in [1.29, 1.82) is 0 Å². The molecule has 1 aliphatic carbocycles. The quantitative estimate of drug-likeness (QED) is 0.853. The van der Waals surface area contributed by atoms with Crippen LogP contribution >= 0.6 is 11.3 Å². The van der Waals surface area contributed by atoms with Gasteiger partial charge in [0, 0.05) is 10.4 Å². The number of thiophene rings is 1. The fraction of sp³-hybridized carbons (Fsp3) is 0.333. The maximum absolute atomic E-state index is 13.0. The molecule has 130 valence electrons. The number of aryl methyl sites for hydroxylation is 1. The first-order chi connectivity index (χ1) is 12.1. The summed E-state index contributed by atoms with van der Waals surface area (Å²) in [5.74, 6) is -0.0484. The maximum atomic E-state index is 13.0. The Morgan fingerprint density at radius 1 is 1.24 bits per heavy atom. The number of carbonyl (C=O) groups excluding carboxylic acids is 2. The average Bonchev–Trinajstić information content (AvgIpc) is 3.17. The Hall–Kier alpha value is -2.41. The van der Waals surface area contributed by atoms with Crippen molar-refractivity contribution < 1.29 is 18.7 Å². The minimum atomic E-state index is -0.916. The van der Waals surface area contributed by atoms with Crippen molar-refractivity contribution >= 4 is 23.3 Å². The molecule has 0 saturated carbocycles. The van der Waals surface area contributed by atoms with Crippen LogP contribution in [0.25, 0.3) is 0 Å². The molecular weight excluding hydrogens is 343 g/mol. The summed E-state index contributed by atoms with van der Waals surface area (Å²) in [7, 11) is 0. The summed E-state index contributed by atoms with van der Waals surface area (Å²) in [4.78, 5) is 27.7. The molecule has 7 heteroatoms. The summed E-state index contributed by atoms with van der Waals surface area (Å²) < 4.78 is 18.4. The zero-order valence-corrected chi connectivity index (χ0v) is 14.3. The number of hydrogen-bond acceptors (Lipinski definition) is 4. The SMILES string of the molecule is O=C1N[C@]2(CCCc3sccc32)C(=O)N1CCOc1ccc(F)cc1. The van der Waals surface area contributed by atoms with Crippen LogP contribution in [0, 0.1) is 5.82 Å². The number of rotatable bonds is 4. The van der Waals surface area contributed by atoms with E-state index in [4.69, 9.17) is 4.74 Å². The lowest BCUT2D eigenvalue weighted by Crippen LogP contribution is -2.46. The molecule has 1 aromatic carbocycles. The van der Waals surface area contributed by atoms with E-state index in [1.165, 1.54) is 34.0 Å². The van der Waals surface area contributed by atoms with Gasteiger partial charge >= 0.3 is 6.03 Å². The highest BCUT2D eigenvalue weighted by atomic mass is 32.1. The van der Waals surface area contributed by atoms with E-state index in [-0.39, 0.29) is 30.9 Å². The Labute approximate surface area is 148 Å². The van der Waals surface area contributed by atoms with Crippen LogP contribution < -0.4 is 10.1 Å². The molecule has 5 nitrogen and oxygen atoms in total. The van der Waals surface area contributed by atoms with Crippen LogP contribution in [-0.2, 0) is 16.8 Å². The molecule has 1 saturated heterocycles. The molecule has 1 N–H and O–H groups in total. The number of urea groups is 1. The summed E-state index contributed by atoms with van der Waals surface area (Å²) in [6.45, 7) is 0.320. The summed E-state index contributed by atoms with van der Waals surface area (Å²) >= 11 is 1.63. The van der Waals surface area contributed by atoms with Crippen LogP contribution in [-0.4, -0.2) is 30.0 Å². The van der Waals surface area contributed by atoms with Gasteiger partial charge in [0.25, 0.3) is 5.91 Å². The molecule has 0 radical (unpaired) electrons. The number of halogens is 1. The third-order valence-corrected chi connectivity index (χ3v) is 5.71. The van der Waals surface area contributed by atoms with Crippen molar-refractivity contribution in [2.45, 2.75) is 24.8 Å². The van der Waals surface area contributed by atoms with Gasteiger partial charge in [-0.15, -0.1) is 11.3 Å². The van der Waals surface area contributed by atoms with E-state index in [0.717, 1.165) is 18.4 Å². The fourth-order valence-corrected chi connectivity index (χ4v) is 4.53. The molecule has 2 aliphatic rings. The smallest absolute Gasteiger partial charge is 0.325 e. The Morgan fingerprint density at radius 2 is 2.04 bits per heavy atom. The second-order valence-corrected chi connectivity index (χ2v) is 7.21. The van der Waals surface area contributed by atoms with E-state index in [1.807, 2.05) is 11.4 Å². The van der Waals surface area contributed by atoms with Gasteiger partial charge in [-0.2, -0.15) is 0 Å². The Balaban J connectivity index is 1.46. The van der Waals surface area contributed by atoms with Crippen molar-refractivity contribution in [2.75, 3.05) is 13.2 Å². The summed E-state index contributed by atoms with van der Waals surface area (Å²) in [5.41, 5.74) is 0.0182. The van der Waals surface area contributed by atoms with E-state index in [9.17, 15) is 14.0 Å². The van der Waals surface area contributed by atoms with Crippen molar-refractivity contribution in [1.82, 2.24) is 10.2 Å². The topological polar surface area (TPSA) is 58.6 Å². The van der Waals surface area contributed by atoms with E-state index < -0.39 is 5.54 Å². The predicted octanol–water partition coefficient (Wildman–Crippen LogP) is 3.05. The predicted molar refractivity (Wildman–Crippen MR) is 91.1 cm³/mol. The highest BCUT2D eigenvalue weighted by molar-refractivity contribution is 7.10. The zero-order valence-electron chi connectivity index (χ0n) is 13.5. The number of ether oxygens (including phenoxy) is 1. The van der Waals surface area contributed by atoms with Gasteiger partial charge in [0.05, 0.1) is 6.54 Å². The number of nitrogens with zero attached hydrogens (tertiary/aromatic N) is 1. The normalized spacial score (nSPS) is 22.2. The molecule has 1 atom stereocenters. The minimum absolute atomic E-state index is 0.156. The van der Waals surface area contributed by atoms with Gasteiger partial charge in [-0.3, -0.25) is 9.69 Å². The molecule has 0 bridgehead atoms. The van der Waals surface area contributed by atoms with Crippen molar-refractivity contribution in [2.24, 2.45) is 0 Å². The highest BCUT2D eigenvalue weighted by Crippen LogP contribution is 2.41. The lowest BCUT2D eigenvalue weighted by molar-refractivity contribution is -0.132. The van der Waals surface area contributed by atoms with Crippen LogP contribution in [0.1, 0.15) is 23.3 Å². The Morgan fingerprint density at radius 3 is 2.84 bits per heavy atom. The fourth-order valence-electron chi connectivity index (χ4n) is 3.53. The van der Waals surface area contributed by atoms with E-state index in [2.05, 4.69) is 5.32 Å². The average molecular weight is 360 g/mol. The van der Waals surface area contributed by atoms with Gasteiger partial charge in [-0.1, -0.05) is 0 Å². The zero-order chi connectivity index (χ0) is 17.4. The van der Waals surface area contributed by atoms with Crippen LogP contribution in [0.4, 0.5) is 9.18 Å². The first-order valence-corrected chi connectivity index (χ1v) is 9.07. The van der Waals surface area contributed by atoms with Crippen molar-refractivity contribution in [3.05, 3.63) is 52.0 Å². The van der Waals surface area contributed by atoms with Gasteiger partial charge in [-0.05, 0) is 55.0 Å². The molecule has 1 aliphatic heterocycles.